The highest BCUT2D eigenvalue weighted by atomic mass is 16.5. The molecule has 0 radical (unpaired) electrons. The highest BCUT2D eigenvalue weighted by molar-refractivity contribution is 5.94. The highest BCUT2D eigenvalue weighted by Crippen LogP contribution is 2.27. The molecule has 8 heteroatoms. The van der Waals surface area contributed by atoms with Gasteiger partial charge in [-0.3, -0.25) is 0 Å². The zero-order valence-electron chi connectivity index (χ0n) is 17.8. The van der Waals surface area contributed by atoms with Crippen LogP contribution in [0.25, 0.3) is 0 Å². The molecule has 2 N–H and O–H groups in total. The van der Waals surface area contributed by atoms with Crippen molar-refractivity contribution in [1.82, 2.24) is 15.5 Å². The molecule has 1 aliphatic heterocycles. The molecule has 160 valence electrons. The lowest BCUT2D eigenvalue weighted by atomic mass is 10.00. The van der Waals surface area contributed by atoms with Crippen LogP contribution in [0.1, 0.15) is 25.8 Å². The van der Waals surface area contributed by atoms with Crippen molar-refractivity contribution < 1.29 is 23.8 Å². The smallest absolute Gasteiger partial charge is 0.337 e. The van der Waals surface area contributed by atoms with Crippen LogP contribution < -0.4 is 20.1 Å². The second kappa shape index (κ2) is 10.7. The molecular weight excluding hydrogens is 374 g/mol. The van der Waals surface area contributed by atoms with Crippen LogP contribution in [0.15, 0.2) is 29.5 Å². The molecule has 1 aromatic carbocycles. The number of esters is 1. The average molecular weight is 405 g/mol. The zero-order valence-corrected chi connectivity index (χ0v) is 17.8. The number of carbonyl (C=O) groups is 2. The maximum absolute atomic E-state index is 12.5. The van der Waals surface area contributed by atoms with E-state index in [9.17, 15) is 9.59 Å². The average Bonchev–Trinajstić information content (AvgIpc) is 2.71. The number of likely N-dealkylation sites (N-methyl/N-ethyl adjacent to an activating group) is 1. The quantitative estimate of drug-likeness (QED) is 0.580. The first-order valence-corrected chi connectivity index (χ1v) is 9.80. The third-order valence-corrected chi connectivity index (χ3v) is 4.81. The molecule has 2 amide bonds. The van der Waals surface area contributed by atoms with E-state index < -0.39 is 5.97 Å². The van der Waals surface area contributed by atoms with Gasteiger partial charge in [0.2, 0.25) is 0 Å². The van der Waals surface area contributed by atoms with Crippen LogP contribution in [-0.4, -0.2) is 63.9 Å². The molecule has 0 bridgehead atoms. The number of hydrogen-bond donors (Lipinski definition) is 2. The molecule has 0 aromatic heterocycles. The minimum atomic E-state index is -0.393. The lowest BCUT2D eigenvalue weighted by molar-refractivity contribution is -0.139. The number of benzene rings is 1. The molecule has 1 aliphatic rings. The van der Waals surface area contributed by atoms with Gasteiger partial charge in [-0.25, -0.2) is 9.59 Å². The third-order valence-electron chi connectivity index (χ3n) is 4.81. The SMILES string of the molecule is CCOC(=O)C1=C(CN(C)CCc2ccc(OC)c(OC)c2)NC(=O)N[C@H]1CC. The standard InChI is InChI=1S/C21H31N3O5/c1-6-15-19(20(25)29-7-2)16(23-21(26)22-15)13-24(3)11-10-14-8-9-17(27-4)18(12-14)28-5/h8-9,12,15H,6-7,10-11,13H2,1-5H3,(H2,22,23,26)/t15-/m0/s1. The summed E-state index contributed by atoms with van der Waals surface area (Å²) in [5, 5.41) is 5.57. The van der Waals surface area contributed by atoms with Gasteiger partial charge in [-0.05, 0) is 44.5 Å². The summed E-state index contributed by atoms with van der Waals surface area (Å²) in [7, 11) is 5.17. The molecule has 0 saturated heterocycles. The number of methoxy groups -OCH3 is 2. The Morgan fingerprint density at radius 3 is 2.52 bits per heavy atom. The Kier molecular flexibility index (Phi) is 8.33. The summed E-state index contributed by atoms with van der Waals surface area (Å²) in [5.41, 5.74) is 2.19. The predicted molar refractivity (Wildman–Crippen MR) is 110 cm³/mol. The van der Waals surface area contributed by atoms with Gasteiger partial charge in [0, 0.05) is 18.8 Å². The van der Waals surface area contributed by atoms with E-state index in [4.69, 9.17) is 14.2 Å². The summed E-state index contributed by atoms with van der Waals surface area (Å²) in [6, 6.07) is 5.19. The molecule has 2 rings (SSSR count). The van der Waals surface area contributed by atoms with Crippen LogP contribution in [0.4, 0.5) is 4.79 Å². The van der Waals surface area contributed by atoms with Crippen molar-refractivity contribution in [3.8, 4) is 11.5 Å². The van der Waals surface area contributed by atoms with Crippen LogP contribution in [0.2, 0.25) is 0 Å². The van der Waals surface area contributed by atoms with Gasteiger partial charge in [0.15, 0.2) is 11.5 Å². The zero-order chi connectivity index (χ0) is 21.4. The Hall–Kier alpha value is -2.74. The second-order valence-corrected chi connectivity index (χ2v) is 6.85. The van der Waals surface area contributed by atoms with Crippen molar-refractivity contribution in [2.45, 2.75) is 32.7 Å². The number of amides is 2. The fourth-order valence-corrected chi connectivity index (χ4v) is 3.29. The molecule has 8 nitrogen and oxygen atoms in total. The van der Waals surface area contributed by atoms with Gasteiger partial charge in [0.25, 0.3) is 0 Å². The fourth-order valence-electron chi connectivity index (χ4n) is 3.29. The van der Waals surface area contributed by atoms with E-state index in [1.54, 1.807) is 21.1 Å². The molecule has 0 spiro atoms. The Bertz CT molecular complexity index is 763. The van der Waals surface area contributed by atoms with Gasteiger partial charge in [0.1, 0.15) is 0 Å². The van der Waals surface area contributed by atoms with Crippen LogP contribution in [-0.2, 0) is 16.0 Å². The van der Waals surface area contributed by atoms with Crippen molar-refractivity contribution >= 4 is 12.0 Å². The van der Waals surface area contributed by atoms with E-state index in [2.05, 4.69) is 15.5 Å². The van der Waals surface area contributed by atoms with Gasteiger partial charge in [-0.1, -0.05) is 13.0 Å². The normalized spacial score (nSPS) is 16.3. The van der Waals surface area contributed by atoms with Crippen LogP contribution in [0, 0.1) is 0 Å². The van der Waals surface area contributed by atoms with E-state index in [0.717, 1.165) is 18.5 Å². The minimum Gasteiger partial charge on any atom is -0.493 e. The summed E-state index contributed by atoms with van der Waals surface area (Å²) in [6.45, 7) is 5.15. The third kappa shape index (κ3) is 5.87. The monoisotopic (exact) mass is 405 g/mol. The first-order chi connectivity index (χ1) is 13.9. The van der Waals surface area contributed by atoms with Crippen LogP contribution >= 0.6 is 0 Å². The van der Waals surface area contributed by atoms with Gasteiger partial charge >= 0.3 is 12.0 Å². The Balaban J connectivity index is 2.10. The lowest BCUT2D eigenvalue weighted by Crippen LogP contribution is -2.52. The summed E-state index contributed by atoms with van der Waals surface area (Å²) in [5.74, 6) is 0.989. The Labute approximate surface area is 172 Å². The number of rotatable bonds is 10. The number of urea groups is 1. The first-order valence-electron chi connectivity index (χ1n) is 9.80. The van der Waals surface area contributed by atoms with Crippen molar-refractivity contribution in [2.75, 3.05) is 41.0 Å². The van der Waals surface area contributed by atoms with Gasteiger partial charge in [0.05, 0.1) is 32.4 Å². The van der Waals surface area contributed by atoms with Crippen molar-refractivity contribution in [1.29, 1.82) is 0 Å². The molecular formula is C21H31N3O5. The number of hydrogen-bond acceptors (Lipinski definition) is 6. The summed E-state index contributed by atoms with van der Waals surface area (Å²) < 4.78 is 15.8. The first kappa shape index (κ1) is 22.5. The lowest BCUT2D eigenvalue weighted by Gasteiger charge is -2.30. The van der Waals surface area contributed by atoms with Crippen molar-refractivity contribution in [3.63, 3.8) is 0 Å². The van der Waals surface area contributed by atoms with Crippen molar-refractivity contribution in [2.24, 2.45) is 0 Å². The Morgan fingerprint density at radius 2 is 1.90 bits per heavy atom. The number of ether oxygens (including phenoxy) is 3. The molecule has 0 unspecified atom stereocenters. The molecule has 29 heavy (non-hydrogen) atoms. The molecule has 1 aromatic rings. The Morgan fingerprint density at radius 1 is 1.17 bits per heavy atom. The van der Waals surface area contributed by atoms with Crippen molar-refractivity contribution in [3.05, 3.63) is 35.0 Å². The number of nitrogens with one attached hydrogen (secondary N) is 2. The fraction of sp³-hybridized carbons (Fsp3) is 0.524. The van der Waals surface area contributed by atoms with E-state index in [-0.39, 0.29) is 18.7 Å². The van der Waals surface area contributed by atoms with E-state index in [1.807, 2.05) is 32.2 Å². The molecule has 1 heterocycles. The molecule has 0 fully saturated rings. The van der Waals surface area contributed by atoms with E-state index >= 15 is 0 Å². The topological polar surface area (TPSA) is 89.1 Å². The maximum atomic E-state index is 12.5. The van der Waals surface area contributed by atoms with E-state index in [0.29, 0.717) is 35.7 Å². The molecule has 1 atom stereocenters. The van der Waals surface area contributed by atoms with Crippen LogP contribution in [0.3, 0.4) is 0 Å². The summed E-state index contributed by atoms with van der Waals surface area (Å²) in [6.07, 6.45) is 1.39. The van der Waals surface area contributed by atoms with Crippen LogP contribution in [0.5, 0.6) is 11.5 Å². The summed E-state index contributed by atoms with van der Waals surface area (Å²) in [4.78, 5) is 26.5. The van der Waals surface area contributed by atoms with Gasteiger partial charge < -0.3 is 29.7 Å². The summed E-state index contributed by atoms with van der Waals surface area (Å²) >= 11 is 0. The molecule has 0 saturated carbocycles. The van der Waals surface area contributed by atoms with E-state index in [1.165, 1.54) is 0 Å². The molecule has 0 aliphatic carbocycles. The predicted octanol–water partition coefficient (Wildman–Crippen LogP) is 2.09. The van der Waals surface area contributed by atoms with Gasteiger partial charge in [-0.15, -0.1) is 0 Å². The maximum Gasteiger partial charge on any atom is 0.337 e. The second-order valence-electron chi connectivity index (χ2n) is 6.85. The largest absolute Gasteiger partial charge is 0.493 e. The highest BCUT2D eigenvalue weighted by Gasteiger charge is 2.31. The van der Waals surface area contributed by atoms with Gasteiger partial charge in [-0.2, -0.15) is 0 Å². The number of carbonyl (C=O) groups excluding carboxylic acids is 2. The number of nitrogens with zero attached hydrogens (tertiary/aromatic N) is 1. The minimum absolute atomic E-state index is 0.287.